The summed E-state index contributed by atoms with van der Waals surface area (Å²) in [6.07, 6.45) is 4.44. The molecule has 4 rings (SSSR count). The van der Waals surface area contributed by atoms with Gasteiger partial charge in [-0.1, -0.05) is 42.5 Å². The van der Waals surface area contributed by atoms with Crippen molar-refractivity contribution in [3.8, 4) is 5.75 Å². The largest absolute Gasteiger partial charge is 0.439 e. The van der Waals surface area contributed by atoms with Crippen molar-refractivity contribution in [1.29, 1.82) is 0 Å². The second kappa shape index (κ2) is 7.79. The summed E-state index contributed by atoms with van der Waals surface area (Å²) in [6.45, 7) is 5.34. The smallest absolute Gasteiger partial charge is 0.263 e. The van der Waals surface area contributed by atoms with Crippen molar-refractivity contribution in [2.75, 3.05) is 17.7 Å². The van der Waals surface area contributed by atoms with E-state index >= 15 is 0 Å². The number of fused-ring (bicyclic) bond motifs is 2. The van der Waals surface area contributed by atoms with E-state index in [0.717, 1.165) is 29.6 Å². The number of allylic oxidation sites excluding steroid dienone is 1. The van der Waals surface area contributed by atoms with Gasteiger partial charge in [0.1, 0.15) is 11.2 Å². The Morgan fingerprint density at radius 3 is 2.70 bits per heavy atom. The quantitative estimate of drug-likeness (QED) is 0.518. The molecule has 1 aliphatic rings. The molecule has 2 heterocycles. The Kier molecular flexibility index (Phi) is 5.23. The van der Waals surface area contributed by atoms with Crippen LogP contribution in [0, 0.1) is 0 Å². The van der Waals surface area contributed by atoms with E-state index < -0.39 is 0 Å². The van der Waals surface area contributed by atoms with Gasteiger partial charge in [0, 0.05) is 30.2 Å². The molecule has 1 aliphatic heterocycles. The number of rotatable bonds is 5. The molecule has 27 heavy (non-hydrogen) atoms. The molecule has 1 aromatic heterocycles. The minimum atomic E-state index is 0.868. The molecule has 3 nitrogen and oxygen atoms in total. The number of benzene rings is 2. The molecule has 3 aromatic rings. The average Bonchev–Trinajstić information content (AvgIpc) is 3.19. The highest BCUT2D eigenvalue weighted by Gasteiger charge is 2.23. The molecule has 0 amide bonds. The zero-order valence-electron chi connectivity index (χ0n) is 15.8. The second-order valence-corrected chi connectivity index (χ2v) is 8.64. The van der Waals surface area contributed by atoms with Crippen molar-refractivity contribution in [3.05, 3.63) is 70.4 Å². The van der Waals surface area contributed by atoms with Crippen LogP contribution in [0.3, 0.4) is 0 Å². The van der Waals surface area contributed by atoms with E-state index in [1.165, 1.54) is 20.1 Å². The molecule has 0 spiro atoms. The van der Waals surface area contributed by atoms with Gasteiger partial charge in [-0.15, -0.1) is 11.8 Å². The normalized spacial score (nSPS) is 15.4. The first kappa shape index (κ1) is 18.1. The number of aryl methyl sites for hydroxylation is 1. The molecule has 0 bridgehead atoms. The van der Waals surface area contributed by atoms with E-state index in [-0.39, 0.29) is 0 Å². The van der Waals surface area contributed by atoms with E-state index in [2.05, 4.69) is 72.8 Å². The van der Waals surface area contributed by atoms with Crippen LogP contribution in [-0.4, -0.2) is 12.8 Å². The number of hydrogen-bond donors (Lipinski definition) is 0. The molecule has 0 fully saturated rings. The molecule has 0 radical (unpaired) electrons. The highest BCUT2D eigenvalue weighted by atomic mass is 32.2. The Morgan fingerprint density at radius 1 is 1.15 bits per heavy atom. The minimum Gasteiger partial charge on any atom is -0.439 e. The molecule has 5 heteroatoms. The van der Waals surface area contributed by atoms with Gasteiger partial charge in [-0.25, -0.2) is 0 Å². The highest BCUT2D eigenvalue weighted by molar-refractivity contribution is 8.03. The maximum atomic E-state index is 6.08. The number of thiazole rings is 1. The lowest BCUT2D eigenvalue weighted by atomic mass is 10.3. The summed E-state index contributed by atoms with van der Waals surface area (Å²) in [5, 5.41) is 1.27. The van der Waals surface area contributed by atoms with Gasteiger partial charge < -0.3 is 9.64 Å². The fourth-order valence-electron chi connectivity index (χ4n) is 3.27. The molecule has 138 valence electrons. The lowest BCUT2D eigenvalue weighted by Gasteiger charge is -2.11. The van der Waals surface area contributed by atoms with Gasteiger partial charge in [0.2, 0.25) is 11.4 Å². The predicted octanol–water partition coefficient (Wildman–Crippen LogP) is 5.67. The van der Waals surface area contributed by atoms with Gasteiger partial charge in [0.05, 0.1) is 5.69 Å². The van der Waals surface area contributed by atoms with Crippen molar-refractivity contribution in [1.82, 2.24) is 0 Å². The maximum Gasteiger partial charge on any atom is 0.263 e. The first-order valence-electron chi connectivity index (χ1n) is 9.19. The molecule has 0 atom stereocenters. The number of hydrogen-bond acceptors (Lipinski definition) is 4. The monoisotopic (exact) mass is 395 g/mol. The summed E-state index contributed by atoms with van der Waals surface area (Å²) >= 11 is 3.68. The summed E-state index contributed by atoms with van der Waals surface area (Å²) in [4.78, 5) is 3.32. The van der Waals surface area contributed by atoms with Gasteiger partial charge in [0.15, 0.2) is 5.75 Å². The molecule has 0 N–H and O–H groups in total. The molecule has 0 saturated heterocycles. The number of nitrogens with zero attached hydrogens (tertiary/aromatic N) is 2. The Balaban J connectivity index is 1.74. The number of para-hydroxylation sites is 3. The van der Waals surface area contributed by atoms with Gasteiger partial charge in [-0.2, -0.15) is 4.57 Å². The van der Waals surface area contributed by atoms with Crippen molar-refractivity contribution >= 4 is 45.1 Å². The highest BCUT2D eigenvalue weighted by Crippen LogP contribution is 2.38. The summed E-state index contributed by atoms with van der Waals surface area (Å²) in [5.74, 6) is 2.80. The SMILES string of the molecule is CCSC(=C\c1sc2ccccc2[n+]1CC)/C=C1\Oc2ccccc2N1C. The first-order chi connectivity index (χ1) is 13.2. The van der Waals surface area contributed by atoms with Crippen LogP contribution in [0.25, 0.3) is 16.3 Å². The standard InChI is InChI=1S/C22H23N2OS2/c1-4-24-18-11-7-9-13-20(18)27-22(24)15-16(26-5-2)14-21-23(3)17-10-6-8-12-19(17)25-21/h6-15H,4-5H2,1-3H3/q+1. The van der Waals surface area contributed by atoms with E-state index in [1.54, 1.807) is 0 Å². The van der Waals surface area contributed by atoms with Crippen LogP contribution in [0.4, 0.5) is 5.69 Å². The first-order valence-corrected chi connectivity index (χ1v) is 11.0. The average molecular weight is 396 g/mol. The van der Waals surface area contributed by atoms with Crippen molar-refractivity contribution in [3.63, 3.8) is 0 Å². The van der Waals surface area contributed by atoms with Crippen LogP contribution in [0.15, 0.2) is 65.4 Å². The number of anilines is 1. The molecule has 0 unspecified atom stereocenters. The van der Waals surface area contributed by atoms with Gasteiger partial charge in [0.25, 0.3) is 5.01 Å². The fraction of sp³-hybridized carbons (Fsp3) is 0.227. The van der Waals surface area contributed by atoms with E-state index in [1.807, 2.05) is 41.3 Å². The third kappa shape index (κ3) is 3.49. The second-order valence-electron chi connectivity index (χ2n) is 6.24. The van der Waals surface area contributed by atoms with Crippen LogP contribution in [0.5, 0.6) is 5.75 Å². The third-order valence-electron chi connectivity index (χ3n) is 4.57. The van der Waals surface area contributed by atoms with Crippen LogP contribution in [0.2, 0.25) is 0 Å². The zero-order chi connectivity index (χ0) is 18.8. The number of aromatic nitrogens is 1. The third-order valence-corrected chi connectivity index (χ3v) is 6.54. The van der Waals surface area contributed by atoms with E-state index in [0.29, 0.717) is 0 Å². The van der Waals surface area contributed by atoms with Crippen molar-refractivity contribution in [2.24, 2.45) is 0 Å². The Hall–Kier alpha value is -2.24. The van der Waals surface area contributed by atoms with Gasteiger partial charge in [-0.3, -0.25) is 0 Å². The number of thioether (sulfide) groups is 1. The van der Waals surface area contributed by atoms with Crippen LogP contribution in [0.1, 0.15) is 18.9 Å². The maximum absolute atomic E-state index is 6.08. The topological polar surface area (TPSA) is 16.4 Å². The summed E-state index contributed by atoms with van der Waals surface area (Å²) < 4.78 is 9.78. The molecular formula is C22H23N2OS2+. The van der Waals surface area contributed by atoms with Crippen molar-refractivity contribution in [2.45, 2.75) is 20.4 Å². The predicted molar refractivity (Wildman–Crippen MR) is 117 cm³/mol. The van der Waals surface area contributed by atoms with Crippen LogP contribution < -0.4 is 14.2 Å². The molecule has 0 saturated carbocycles. The Bertz CT molecular complexity index is 1040. The summed E-state index contributed by atoms with van der Waals surface area (Å²) in [5.41, 5.74) is 2.40. The van der Waals surface area contributed by atoms with E-state index in [9.17, 15) is 0 Å². The lowest BCUT2D eigenvalue weighted by molar-refractivity contribution is -0.665. The lowest BCUT2D eigenvalue weighted by Crippen LogP contribution is -2.33. The molecule has 0 aliphatic carbocycles. The van der Waals surface area contributed by atoms with Gasteiger partial charge in [-0.05, 0) is 30.9 Å². The Morgan fingerprint density at radius 2 is 1.93 bits per heavy atom. The van der Waals surface area contributed by atoms with Crippen molar-refractivity contribution < 1.29 is 9.30 Å². The summed E-state index contributed by atoms with van der Waals surface area (Å²) in [7, 11) is 2.05. The van der Waals surface area contributed by atoms with Crippen LogP contribution >= 0.6 is 23.1 Å². The van der Waals surface area contributed by atoms with Gasteiger partial charge >= 0.3 is 0 Å². The number of ether oxygens (including phenoxy) is 1. The zero-order valence-corrected chi connectivity index (χ0v) is 17.4. The summed E-state index contributed by atoms with van der Waals surface area (Å²) in [6, 6.07) is 16.8. The minimum absolute atomic E-state index is 0.868. The Labute approximate surface area is 168 Å². The fourth-order valence-corrected chi connectivity index (χ4v) is 5.23. The molecular weight excluding hydrogens is 372 g/mol. The molecule has 2 aromatic carbocycles. The van der Waals surface area contributed by atoms with E-state index in [4.69, 9.17) is 4.74 Å². The van der Waals surface area contributed by atoms with Crippen LogP contribution in [-0.2, 0) is 6.54 Å².